The second-order valence-electron chi connectivity index (χ2n) is 7.29. The molecule has 2 fully saturated rings. The largest absolute Gasteiger partial charge is 0.355 e. The SMILES string of the molecule is O=C(NCCC(=O)N1CCCC1)C1CCCN(S(=O)(=O)c2ccc(Br)cc2)C1. The molecule has 2 saturated heterocycles. The summed E-state index contributed by atoms with van der Waals surface area (Å²) >= 11 is 3.30. The number of nitrogens with zero attached hydrogens (tertiary/aromatic N) is 2. The first kappa shape index (κ1) is 21.3. The Morgan fingerprint density at radius 2 is 1.75 bits per heavy atom. The lowest BCUT2D eigenvalue weighted by atomic mass is 9.99. The van der Waals surface area contributed by atoms with Crippen LogP contribution < -0.4 is 5.32 Å². The molecule has 1 N–H and O–H groups in total. The number of benzene rings is 1. The Morgan fingerprint density at radius 3 is 2.43 bits per heavy atom. The van der Waals surface area contributed by atoms with E-state index in [-0.39, 0.29) is 29.2 Å². The van der Waals surface area contributed by atoms with Crippen molar-refractivity contribution >= 4 is 37.8 Å². The Hall–Kier alpha value is -1.45. The van der Waals surface area contributed by atoms with Gasteiger partial charge in [0, 0.05) is 43.6 Å². The fourth-order valence-corrected chi connectivity index (χ4v) is 5.48. The summed E-state index contributed by atoms with van der Waals surface area (Å²) in [5.74, 6) is -0.494. The van der Waals surface area contributed by atoms with Gasteiger partial charge < -0.3 is 10.2 Å². The summed E-state index contributed by atoms with van der Waals surface area (Å²) in [5.41, 5.74) is 0. The van der Waals surface area contributed by atoms with Gasteiger partial charge in [0.2, 0.25) is 21.8 Å². The van der Waals surface area contributed by atoms with Crippen LogP contribution in [0.25, 0.3) is 0 Å². The first-order valence-electron chi connectivity index (χ1n) is 9.69. The summed E-state index contributed by atoms with van der Waals surface area (Å²) in [4.78, 5) is 26.6. The average molecular weight is 472 g/mol. The molecule has 2 amide bonds. The molecule has 28 heavy (non-hydrogen) atoms. The normalized spacial score (nSPS) is 20.9. The molecule has 154 valence electrons. The summed E-state index contributed by atoms with van der Waals surface area (Å²) in [6.45, 7) is 2.49. The van der Waals surface area contributed by atoms with E-state index in [1.807, 2.05) is 4.90 Å². The van der Waals surface area contributed by atoms with Gasteiger partial charge in [-0.05, 0) is 49.9 Å². The number of hydrogen-bond donors (Lipinski definition) is 1. The van der Waals surface area contributed by atoms with Crippen LogP contribution >= 0.6 is 15.9 Å². The summed E-state index contributed by atoms with van der Waals surface area (Å²) < 4.78 is 27.9. The maximum atomic E-state index is 12.8. The Labute approximate surface area is 174 Å². The zero-order valence-corrected chi connectivity index (χ0v) is 18.2. The van der Waals surface area contributed by atoms with Crippen molar-refractivity contribution in [3.05, 3.63) is 28.7 Å². The molecule has 0 aliphatic carbocycles. The van der Waals surface area contributed by atoms with E-state index in [9.17, 15) is 18.0 Å². The molecule has 0 saturated carbocycles. The number of carbonyl (C=O) groups is 2. The third-order valence-corrected chi connectivity index (χ3v) is 7.71. The average Bonchev–Trinajstić information content (AvgIpc) is 3.23. The van der Waals surface area contributed by atoms with Crippen LogP contribution in [0.5, 0.6) is 0 Å². The second-order valence-corrected chi connectivity index (χ2v) is 10.1. The molecule has 0 spiro atoms. The maximum Gasteiger partial charge on any atom is 0.243 e. The smallest absolute Gasteiger partial charge is 0.243 e. The van der Waals surface area contributed by atoms with E-state index in [0.29, 0.717) is 32.4 Å². The Kier molecular flexibility index (Phi) is 7.11. The molecule has 1 atom stereocenters. The Morgan fingerprint density at radius 1 is 1.07 bits per heavy atom. The number of sulfonamides is 1. The predicted octanol–water partition coefficient (Wildman–Crippen LogP) is 1.98. The molecule has 9 heteroatoms. The van der Waals surface area contributed by atoms with Gasteiger partial charge in [-0.25, -0.2) is 8.42 Å². The highest BCUT2D eigenvalue weighted by Gasteiger charge is 2.33. The Balaban J connectivity index is 1.52. The van der Waals surface area contributed by atoms with E-state index in [1.54, 1.807) is 24.3 Å². The number of halogens is 1. The van der Waals surface area contributed by atoms with Gasteiger partial charge >= 0.3 is 0 Å². The third-order valence-electron chi connectivity index (χ3n) is 5.30. The molecule has 0 bridgehead atoms. The number of nitrogens with one attached hydrogen (secondary N) is 1. The van der Waals surface area contributed by atoms with E-state index in [2.05, 4.69) is 21.2 Å². The highest BCUT2D eigenvalue weighted by Crippen LogP contribution is 2.25. The van der Waals surface area contributed by atoms with E-state index in [1.165, 1.54) is 4.31 Å². The lowest BCUT2D eigenvalue weighted by Gasteiger charge is -2.31. The Bertz CT molecular complexity index is 807. The van der Waals surface area contributed by atoms with E-state index in [0.717, 1.165) is 30.4 Å². The molecule has 0 radical (unpaired) electrons. The van der Waals surface area contributed by atoms with Crippen molar-refractivity contribution in [1.82, 2.24) is 14.5 Å². The van der Waals surface area contributed by atoms with E-state index < -0.39 is 10.0 Å². The highest BCUT2D eigenvalue weighted by molar-refractivity contribution is 9.10. The fraction of sp³-hybridized carbons (Fsp3) is 0.579. The fourth-order valence-electron chi connectivity index (χ4n) is 3.69. The van der Waals surface area contributed by atoms with Crippen molar-refractivity contribution in [3.8, 4) is 0 Å². The van der Waals surface area contributed by atoms with Crippen LogP contribution in [0, 0.1) is 5.92 Å². The molecule has 3 rings (SSSR count). The predicted molar refractivity (Wildman–Crippen MR) is 109 cm³/mol. The molecule has 2 aliphatic heterocycles. The van der Waals surface area contributed by atoms with Gasteiger partial charge in [-0.15, -0.1) is 0 Å². The third kappa shape index (κ3) is 5.12. The van der Waals surface area contributed by atoms with Crippen LogP contribution in [0.3, 0.4) is 0 Å². The molecule has 2 heterocycles. The molecular weight excluding hydrogens is 446 g/mol. The van der Waals surface area contributed by atoms with Crippen molar-refractivity contribution in [2.75, 3.05) is 32.7 Å². The van der Waals surface area contributed by atoms with Gasteiger partial charge in [-0.2, -0.15) is 4.31 Å². The number of amides is 2. The highest BCUT2D eigenvalue weighted by atomic mass is 79.9. The molecule has 1 aromatic rings. The van der Waals surface area contributed by atoms with Gasteiger partial charge in [-0.3, -0.25) is 9.59 Å². The van der Waals surface area contributed by atoms with Crippen LogP contribution in [0.2, 0.25) is 0 Å². The minimum atomic E-state index is -3.62. The van der Waals surface area contributed by atoms with E-state index in [4.69, 9.17) is 0 Å². The van der Waals surface area contributed by atoms with E-state index >= 15 is 0 Å². The first-order chi connectivity index (χ1) is 13.4. The number of likely N-dealkylation sites (tertiary alicyclic amines) is 1. The van der Waals surface area contributed by atoms with Crippen LogP contribution in [0.1, 0.15) is 32.1 Å². The quantitative estimate of drug-likeness (QED) is 0.686. The van der Waals surface area contributed by atoms with Crippen molar-refractivity contribution in [2.45, 2.75) is 37.0 Å². The van der Waals surface area contributed by atoms with Crippen molar-refractivity contribution in [1.29, 1.82) is 0 Å². The second kappa shape index (κ2) is 9.37. The summed E-state index contributed by atoms with van der Waals surface area (Å²) in [6.07, 6.45) is 3.67. The number of piperidine rings is 1. The summed E-state index contributed by atoms with van der Waals surface area (Å²) in [7, 11) is -3.62. The molecule has 1 aromatic carbocycles. The minimum absolute atomic E-state index is 0.0703. The molecule has 7 nitrogen and oxygen atoms in total. The number of hydrogen-bond acceptors (Lipinski definition) is 4. The first-order valence-corrected chi connectivity index (χ1v) is 11.9. The van der Waals surface area contributed by atoms with Gasteiger partial charge in [0.15, 0.2) is 0 Å². The van der Waals surface area contributed by atoms with Gasteiger partial charge in [-0.1, -0.05) is 15.9 Å². The zero-order valence-electron chi connectivity index (χ0n) is 15.8. The van der Waals surface area contributed by atoms with Crippen molar-refractivity contribution in [2.24, 2.45) is 5.92 Å². The summed E-state index contributed by atoms with van der Waals surface area (Å²) in [5, 5.41) is 2.81. The van der Waals surface area contributed by atoms with Gasteiger partial charge in [0.25, 0.3) is 0 Å². The zero-order chi connectivity index (χ0) is 20.1. The molecular formula is C19H26BrN3O4S. The lowest BCUT2D eigenvalue weighted by molar-refractivity contribution is -0.130. The number of rotatable bonds is 6. The van der Waals surface area contributed by atoms with Crippen molar-refractivity contribution < 1.29 is 18.0 Å². The van der Waals surface area contributed by atoms with Crippen LogP contribution in [-0.4, -0.2) is 62.2 Å². The summed E-state index contributed by atoms with van der Waals surface area (Å²) in [6, 6.07) is 6.51. The standard InChI is InChI=1S/C19H26BrN3O4S/c20-16-5-7-17(8-6-16)28(26,27)23-13-3-4-15(14-23)19(25)21-10-9-18(24)22-11-1-2-12-22/h5-8,15H,1-4,9-14H2,(H,21,25). The van der Waals surface area contributed by atoms with Crippen LogP contribution in [-0.2, 0) is 19.6 Å². The maximum absolute atomic E-state index is 12.8. The van der Waals surface area contributed by atoms with Crippen LogP contribution in [0.4, 0.5) is 0 Å². The molecule has 0 aromatic heterocycles. The van der Waals surface area contributed by atoms with Crippen LogP contribution in [0.15, 0.2) is 33.6 Å². The lowest BCUT2D eigenvalue weighted by Crippen LogP contribution is -2.45. The van der Waals surface area contributed by atoms with Gasteiger partial charge in [0.05, 0.1) is 10.8 Å². The monoisotopic (exact) mass is 471 g/mol. The van der Waals surface area contributed by atoms with Crippen molar-refractivity contribution in [3.63, 3.8) is 0 Å². The molecule has 1 unspecified atom stereocenters. The topological polar surface area (TPSA) is 86.8 Å². The number of carbonyl (C=O) groups excluding carboxylic acids is 2. The molecule has 2 aliphatic rings. The minimum Gasteiger partial charge on any atom is -0.355 e. The van der Waals surface area contributed by atoms with Gasteiger partial charge in [0.1, 0.15) is 0 Å².